The van der Waals surface area contributed by atoms with Crippen molar-refractivity contribution in [2.75, 3.05) is 0 Å². The van der Waals surface area contributed by atoms with E-state index in [-0.39, 0.29) is 23.9 Å². The van der Waals surface area contributed by atoms with E-state index in [0.717, 1.165) is 0 Å². The van der Waals surface area contributed by atoms with Gasteiger partial charge in [-0.15, -0.1) is 0 Å². The van der Waals surface area contributed by atoms with Crippen LogP contribution < -0.4 is 14.8 Å². The Kier molecular flexibility index (Phi) is 5.81. The van der Waals surface area contributed by atoms with Crippen LogP contribution in [0.1, 0.15) is 0 Å². The fourth-order valence-corrected chi connectivity index (χ4v) is 0. The Hall–Kier alpha value is 1.35. The zero-order valence-corrected chi connectivity index (χ0v) is 7.05. The number of rotatable bonds is 0. The van der Waals surface area contributed by atoms with Crippen LogP contribution in [0.3, 0.4) is 0 Å². The molecule has 6 heteroatoms. The van der Waals surface area contributed by atoms with Gasteiger partial charge < -0.3 is 0 Å². The summed E-state index contributed by atoms with van der Waals surface area (Å²) in [5.74, 6) is 0. The van der Waals surface area contributed by atoms with Crippen LogP contribution in [-0.2, 0) is 18.1 Å². The van der Waals surface area contributed by atoms with Crippen LogP contribution in [0.4, 0.5) is 0 Å². The predicted molar refractivity (Wildman–Crippen MR) is 5.75 cm³/mol. The molecule has 0 saturated heterocycles. The molecule has 0 aliphatic carbocycles. The van der Waals surface area contributed by atoms with Crippen molar-refractivity contribution < 1.29 is 32.9 Å². The molecule has 0 bridgehead atoms. The first-order valence-electron chi connectivity index (χ1n) is 0.816. The Morgan fingerprint density at radius 1 is 0.833 bits per heavy atom. The Labute approximate surface area is 56.6 Å². The van der Waals surface area contributed by atoms with Gasteiger partial charge in [-0.05, 0) is 0 Å². The van der Waals surface area contributed by atoms with Gasteiger partial charge in [0.05, 0.1) is 0 Å². The molecule has 0 spiro atoms. The van der Waals surface area contributed by atoms with Gasteiger partial charge in [0.1, 0.15) is 0 Å². The van der Waals surface area contributed by atoms with Crippen LogP contribution in [0.2, 0.25) is 0 Å². The van der Waals surface area contributed by atoms with Crippen molar-refractivity contribution in [3.63, 3.8) is 0 Å². The summed E-state index contributed by atoms with van der Waals surface area (Å²) in [6.07, 6.45) is 0. The summed E-state index contributed by atoms with van der Waals surface area (Å²) < 4.78 is 34.5. The fraction of sp³-hybridized carbons (Fsp3) is 0. The van der Waals surface area contributed by atoms with E-state index in [0.29, 0.717) is 0 Å². The van der Waals surface area contributed by atoms with Crippen molar-refractivity contribution in [2.45, 2.75) is 0 Å². The van der Waals surface area contributed by atoms with E-state index in [4.69, 9.17) is 14.8 Å². The van der Waals surface area contributed by atoms with E-state index in [2.05, 4.69) is 0 Å². The molecular weight excluding hydrogens is 231 g/mol. The van der Waals surface area contributed by atoms with Crippen LogP contribution in [0.5, 0.6) is 0 Å². The van der Waals surface area contributed by atoms with E-state index in [1.165, 1.54) is 0 Å². The smallest absolute Gasteiger partial charge is 4.00 e. The van der Waals surface area contributed by atoms with Crippen molar-refractivity contribution in [3.05, 3.63) is 0 Å². The summed E-state index contributed by atoms with van der Waals surface area (Å²) >= 11 is -6.00. The minimum atomic E-state index is -6.00. The van der Waals surface area contributed by atoms with Crippen molar-refractivity contribution in [2.24, 2.45) is 0 Å². The molecule has 4 nitrogen and oxygen atoms in total. The zero-order valence-electron chi connectivity index (χ0n) is 2.63. The van der Waals surface area contributed by atoms with Gasteiger partial charge in [0.25, 0.3) is 0 Å². The summed E-state index contributed by atoms with van der Waals surface area (Å²) in [5.41, 5.74) is 0. The molecule has 0 aromatic carbocycles. The van der Waals surface area contributed by atoms with Crippen molar-refractivity contribution in [1.29, 1.82) is 0 Å². The Morgan fingerprint density at radius 3 is 0.833 bits per heavy atom. The van der Waals surface area contributed by atoms with Crippen LogP contribution in [0.15, 0.2) is 0 Å². The van der Waals surface area contributed by atoms with Gasteiger partial charge in [-0.2, -0.15) is 0 Å². The standard InChI is InChI=1S/4O.Sn.Ti/q4*-1;+4;. The SMILES string of the molecule is [O-][Ti]([O-])([O-])[O-].[Sn+4]. The zero-order chi connectivity index (χ0) is 4.50. The van der Waals surface area contributed by atoms with Gasteiger partial charge in [0.15, 0.2) is 0 Å². The van der Waals surface area contributed by atoms with Gasteiger partial charge >= 0.3 is 56.8 Å². The minimum Gasteiger partial charge on any atom is 4.00 e. The molecule has 0 radical (unpaired) electrons. The average Bonchev–Trinajstić information content (AvgIpc) is 0.722. The molecule has 0 heterocycles. The molecule has 0 amide bonds. The van der Waals surface area contributed by atoms with Crippen molar-refractivity contribution in [3.8, 4) is 0 Å². The van der Waals surface area contributed by atoms with Gasteiger partial charge in [-0.3, -0.25) is 0 Å². The maximum atomic E-state index is 8.62. The van der Waals surface area contributed by atoms with Gasteiger partial charge in [-0.25, -0.2) is 0 Å². The van der Waals surface area contributed by atoms with E-state index in [9.17, 15) is 0 Å². The first-order valence-corrected chi connectivity index (χ1v) is 3.37. The van der Waals surface area contributed by atoms with Crippen LogP contribution in [-0.4, -0.2) is 23.9 Å². The first kappa shape index (κ1) is 10.4. The molecule has 0 rings (SSSR count). The van der Waals surface area contributed by atoms with Crippen molar-refractivity contribution >= 4 is 23.9 Å². The molecule has 0 fully saturated rings. The molecule has 0 saturated carbocycles. The molecular formula is O4SnTi. The second kappa shape index (κ2) is 3.37. The van der Waals surface area contributed by atoms with Crippen molar-refractivity contribution in [1.82, 2.24) is 0 Å². The van der Waals surface area contributed by atoms with E-state index >= 15 is 0 Å². The molecule has 0 aliphatic heterocycles. The normalized spacial score (nSPS) is 10.0. The Morgan fingerprint density at radius 2 is 0.833 bits per heavy atom. The maximum Gasteiger partial charge on any atom is 4.00 e. The van der Waals surface area contributed by atoms with E-state index in [1.807, 2.05) is 0 Å². The quantitative estimate of drug-likeness (QED) is 0.389. The Balaban J connectivity index is 0. The molecule has 0 aromatic rings. The van der Waals surface area contributed by atoms with Gasteiger partial charge in [0, 0.05) is 0 Å². The summed E-state index contributed by atoms with van der Waals surface area (Å²) in [6.45, 7) is 0. The third-order valence-electron chi connectivity index (χ3n) is 0. The summed E-state index contributed by atoms with van der Waals surface area (Å²) in [7, 11) is 0. The largest absolute Gasteiger partial charge is 4.00 e. The van der Waals surface area contributed by atoms with Gasteiger partial charge in [-0.1, -0.05) is 0 Å². The Bertz CT molecular complexity index is 23.0. The second-order valence-corrected chi connectivity index (χ2v) is 2.06. The third kappa shape index (κ3) is 55.4. The number of hydrogen-bond donors (Lipinski definition) is 0. The molecule has 32 valence electrons. The topological polar surface area (TPSA) is 92.2 Å². The monoisotopic (exact) mass is 232 g/mol. The molecule has 0 N–H and O–H groups in total. The fourth-order valence-electron chi connectivity index (χ4n) is 0. The maximum absolute atomic E-state index is 8.62. The molecule has 6 heavy (non-hydrogen) atoms. The second-order valence-electron chi connectivity index (χ2n) is 0.500. The summed E-state index contributed by atoms with van der Waals surface area (Å²) in [5, 5.41) is 0. The first-order chi connectivity index (χ1) is 2.00. The van der Waals surface area contributed by atoms with Crippen LogP contribution >= 0.6 is 0 Å². The third-order valence-corrected chi connectivity index (χ3v) is 0. The molecule has 0 aliphatic rings. The average molecular weight is 231 g/mol. The molecule has 0 atom stereocenters. The van der Waals surface area contributed by atoms with E-state index < -0.39 is 18.1 Å². The van der Waals surface area contributed by atoms with Gasteiger partial charge in [0.2, 0.25) is 0 Å². The minimum absolute atomic E-state index is 0. The number of hydrogen-bond acceptors (Lipinski definition) is 4. The predicted octanol–water partition coefficient (Wildman–Crippen LogP) is -5.14. The van der Waals surface area contributed by atoms with Crippen LogP contribution in [0, 0.1) is 0 Å². The van der Waals surface area contributed by atoms with E-state index in [1.54, 1.807) is 0 Å². The molecule has 0 aromatic heterocycles. The van der Waals surface area contributed by atoms with Crippen LogP contribution in [0.25, 0.3) is 0 Å². The molecule has 0 unspecified atom stereocenters. The summed E-state index contributed by atoms with van der Waals surface area (Å²) in [4.78, 5) is 0. The summed E-state index contributed by atoms with van der Waals surface area (Å²) in [6, 6.07) is 0.